The molecule has 0 saturated heterocycles. The van der Waals surface area contributed by atoms with E-state index in [9.17, 15) is 0 Å². The zero-order valence-corrected chi connectivity index (χ0v) is 22.6. The van der Waals surface area contributed by atoms with E-state index >= 15 is 0 Å². The van der Waals surface area contributed by atoms with Crippen molar-refractivity contribution in [2.75, 3.05) is 54.4 Å². The van der Waals surface area contributed by atoms with E-state index in [1.54, 1.807) is 0 Å². The van der Waals surface area contributed by atoms with Crippen molar-refractivity contribution in [3.8, 4) is 0 Å². The highest BCUT2D eigenvalue weighted by molar-refractivity contribution is 4.51. The Balaban J connectivity index is -0.000000364. The monoisotopic (exact) mass is 468 g/mol. The highest BCUT2D eigenvalue weighted by Gasteiger charge is 2.25. The molecular formula is C24H57BrN2O. The molecule has 0 aromatic rings. The minimum Gasteiger partial charge on any atom is -1.00 e. The molecule has 0 rings (SSSR count). The molecule has 3 nitrogen and oxygen atoms in total. The average molecular weight is 470 g/mol. The second-order valence-corrected chi connectivity index (χ2v) is 9.75. The van der Waals surface area contributed by atoms with Crippen molar-refractivity contribution in [1.29, 1.82) is 0 Å². The summed E-state index contributed by atoms with van der Waals surface area (Å²) in [6, 6.07) is 0. The van der Waals surface area contributed by atoms with Gasteiger partial charge < -0.3 is 31.4 Å². The normalized spacial score (nSPS) is 11.1. The van der Waals surface area contributed by atoms with E-state index in [2.05, 4.69) is 55.9 Å². The molecule has 0 radical (unpaired) electrons. The summed E-state index contributed by atoms with van der Waals surface area (Å²) in [5.41, 5.74) is 0. The molecule has 0 amide bonds. The molecule has 0 saturated carbocycles. The van der Waals surface area contributed by atoms with Crippen LogP contribution in [0.1, 0.15) is 105 Å². The molecule has 0 aliphatic rings. The molecule has 0 spiro atoms. The molecule has 0 unspecified atom stereocenters. The van der Waals surface area contributed by atoms with Crippen LogP contribution in [0.2, 0.25) is 0 Å². The van der Waals surface area contributed by atoms with Gasteiger partial charge in [-0.2, -0.15) is 0 Å². The van der Waals surface area contributed by atoms with Crippen molar-refractivity contribution in [1.82, 2.24) is 0 Å². The topological polar surface area (TPSA) is 30.0 Å². The van der Waals surface area contributed by atoms with Crippen molar-refractivity contribution >= 4 is 0 Å². The molecule has 0 heterocycles. The molecular weight excluding hydrogens is 412 g/mol. The van der Waals surface area contributed by atoms with Gasteiger partial charge in [0.2, 0.25) is 0 Å². The van der Waals surface area contributed by atoms with Gasteiger partial charge in [0.1, 0.15) is 0 Å². The third-order valence-corrected chi connectivity index (χ3v) is 4.94. The maximum absolute atomic E-state index is 2.33. The minimum atomic E-state index is 0. The van der Waals surface area contributed by atoms with Crippen LogP contribution in [0.5, 0.6) is 0 Å². The fraction of sp³-hybridized carbons (Fsp3) is 1.00. The van der Waals surface area contributed by atoms with Gasteiger partial charge in [-0.15, -0.1) is 0 Å². The molecule has 176 valence electrons. The van der Waals surface area contributed by atoms with Crippen molar-refractivity contribution < 1.29 is 31.4 Å². The third kappa shape index (κ3) is 28.6. The Morgan fingerprint density at radius 1 is 0.429 bits per heavy atom. The smallest absolute Gasteiger partial charge is 0.0786 e. The lowest BCUT2D eigenvalue weighted by atomic mass is 10.1. The summed E-state index contributed by atoms with van der Waals surface area (Å²) in [5.74, 6) is 0. The number of halogens is 1. The van der Waals surface area contributed by atoms with Gasteiger partial charge >= 0.3 is 0 Å². The summed E-state index contributed by atoms with van der Waals surface area (Å²) in [6.45, 7) is 15.1. The highest BCUT2D eigenvalue weighted by Crippen LogP contribution is 2.18. The van der Waals surface area contributed by atoms with Gasteiger partial charge in [0.25, 0.3) is 0 Å². The Morgan fingerprint density at radius 2 is 0.607 bits per heavy atom. The standard InChI is InChI=1S/C20H44N.C4H12N.BrH.H2O/c1-5-9-13-17-21(18-14-10-6-2,19-15-11-7-3)20-16-12-8-4;1-5(2,3)4;;/h5-20H2,1-4H3;1-4H3;1H;1H2/q2*+1;;/p-2. The predicted octanol–water partition coefficient (Wildman–Crippen LogP) is 3.71. The van der Waals surface area contributed by atoms with Crippen molar-refractivity contribution in [3.63, 3.8) is 0 Å². The molecule has 0 aromatic heterocycles. The third-order valence-electron chi connectivity index (χ3n) is 4.94. The minimum absolute atomic E-state index is 0. The summed E-state index contributed by atoms with van der Waals surface area (Å²) in [4.78, 5) is 0. The van der Waals surface area contributed by atoms with E-state index in [4.69, 9.17) is 0 Å². The lowest BCUT2D eigenvalue weighted by Crippen LogP contribution is -3.00. The van der Waals surface area contributed by atoms with Crippen LogP contribution in [0, 0.1) is 0 Å². The number of hydrogen-bond donors (Lipinski definition) is 0. The van der Waals surface area contributed by atoms with Gasteiger partial charge in [-0.05, 0) is 51.4 Å². The highest BCUT2D eigenvalue weighted by atomic mass is 79.9. The average Bonchev–Trinajstić information content (AvgIpc) is 2.54. The Morgan fingerprint density at radius 3 is 0.750 bits per heavy atom. The van der Waals surface area contributed by atoms with Crippen molar-refractivity contribution in [2.24, 2.45) is 0 Å². The first-order chi connectivity index (χ1) is 12.2. The largest absolute Gasteiger partial charge is 1.00 e. The summed E-state index contributed by atoms with van der Waals surface area (Å²) in [7, 11) is 8.50. The Bertz CT molecular complexity index is 229. The van der Waals surface area contributed by atoms with E-state index in [1.807, 2.05) is 0 Å². The van der Waals surface area contributed by atoms with Crippen molar-refractivity contribution in [3.05, 3.63) is 0 Å². The summed E-state index contributed by atoms with van der Waals surface area (Å²) in [6.07, 6.45) is 16.9. The lowest BCUT2D eigenvalue weighted by Gasteiger charge is -2.39. The molecule has 0 bridgehead atoms. The maximum Gasteiger partial charge on any atom is 0.0786 e. The van der Waals surface area contributed by atoms with Crippen molar-refractivity contribution in [2.45, 2.75) is 105 Å². The number of quaternary nitrogens is 2. The fourth-order valence-electron chi connectivity index (χ4n) is 3.46. The molecule has 28 heavy (non-hydrogen) atoms. The van der Waals surface area contributed by atoms with Crippen LogP contribution in [0.25, 0.3) is 0 Å². The Labute approximate surface area is 190 Å². The first-order valence-corrected chi connectivity index (χ1v) is 11.9. The number of nitrogens with zero attached hydrogens (tertiary/aromatic N) is 2. The van der Waals surface area contributed by atoms with Crippen LogP contribution in [0.15, 0.2) is 0 Å². The van der Waals surface area contributed by atoms with Crippen LogP contribution in [-0.2, 0) is 0 Å². The zero-order valence-electron chi connectivity index (χ0n) is 21.0. The predicted molar refractivity (Wildman–Crippen MR) is 124 cm³/mol. The number of hydrogen-bond acceptors (Lipinski definition) is 1. The van der Waals surface area contributed by atoms with Gasteiger partial charge in [0.15, 0.2) is 0 Å². The molecule has 0 fully saturated rings. The van der Waals surface area contributed by atoms with E-state index in [0.717, 1.165) is 4.48 Å². The second kappa shape index (κ2) is 23.6. The van der Waals surface area contributed by atoms with E-state index in [1.165, 1.54) is 108 Å². The van der Waals surface area contributed by atoms with Crippen LogP contribution in [-0.4, -0.2) is 68.8 Å². The van der Waals surface area contributed by atoms with Crippen LogP contribution in [0.4, 0.5) is 0 Å². The van der Waals surface area contributed by atoms with E-state index in [-0.39, 0.29) is 22.5 Å². The number of unbranched alkanes of at least 4 members (excludes halogenated alkanes) is 8. The first kappa shape index (κ1) is 35.8. The van der Waals surface area contributed by atoms with E-state index < -0.39 is 0 Å². The Kier molecular flexibility index (Phi) is 30.2. The zero-order chi connectivity index (χ0) is 20.3. The molecule has 4 heteroatoms. The van der Waals surface area contributed by atoms with Gasteiger partial charge in [0.05, 0.1) is 54.4 Å². The summed E-state index contributed by atoms with van der Waals surface area (Å²) in [5, 5.41) is 0. The fourth-order valence-corrected chi connectivity index (χ4v) is 3.46. The van der Waals surface area contributed by atoms with E-state index in [0.29, 0.717) is 0 Å². The second-order valence-electron chi connectivity index (χ2n) is 9.75. The van der Waals surface area contributed by atoms with Gasteiger partial charge in [-0.3, -0.25) is 0 Å². The maximum atomic E-state index is 2.33. The summed E-state index contributed by atoms with van der Waals surface area (Å²) >= 11 is 0. The Hall–Kier alpha value is 0.360. The molecule has 0 atom stereocenters. The van der Waals surface area contributed by atoms with Crippen LogP contribution < -0.4 is 17.0 Å². The number of rotatable bonds is 16. The van der Waals surface area contributed by atoms with Gasteiger partial charge in [0, 0.05) is 0 Å². The van der Waals surface area contributed by atoms with Crippen LogP contribution in [0.3, 0.4) is 0 Å². The van der Waals surface area contributed by atoms with Gasteiger partial charge in [-0.1, -0.05) is 53.4 Å². The quantitative estimate of drug-likeness (QED) is 0.250. The summed E-state index contributed by atoms with van der Waals surface area (Å²) < 4.78 is 2.44. The molecule has 0 aliphatic carbocycles. The van der Waals surface area contributed by atoms with Crippen LogP contribution >= 0.6 is 0 Å². The molecule has 0 aliphatic heterocycles. The lowest BCUT2D eigenvalue weighted by molar-refractivity contribution is -0.929. The molecule has 1 N–H and O–H groups in total. The van der Waals surface area contributed by atoms with Gasteiger partial charge in [-0.25, -0.2) is 0 Å². The first-order valence-electron chi connectivity index (χ1n) is 11.9. The SMILES string of the molecule is CCCCC[N+](CCCCC)(CCCCC)CCCCC.C[N+](C)(C)C.[Br-].[OH-]. The molecule has 0 aromatic carbocycles.